The van der Waals surface area contributed by atoms with Gasteiger partial charge in [0.05, 0.1) is 12.2 Å². The molecule has 1 heterocycles. The van der Waals surface area contributed by atoms with Crippen molar-refractivity contribution in [2.24, 2.45) is 0 Å². The molecule has 1 atom stereocenters. The van der Waals surface area contributed by atoms with Crippen LogP contribution < -0.4 is 4.90 Å². The number of amides is 1. The molecule has 0 aliphatic carbocycles. The largest absolute Gasteiger partial charge is 0.375 e. The zero-order valence-corrected chi connectivity index (χ0v) is 14.2. The minimum atomic E-state index is -1.77. The topological polar surface area (TPSA) is 57.6 Å². The first-order valence-electron chi connectivity index (χ1n) is 8.03. The summed E-state index contributed by atoms with van der Waals surface area (Å²) in [5.41, 5.74) is 2.24. The van der Waals surface area contributed by atoms with Gasteiger partial charge in [-0.05, 0) is 37.5 Å². The molecule has 2 aromatic rings. The number of anilines is 1. The van der Waals surface area contributed by atoms with E-state index in [0.717, 1.165) is 22.4 Å². The highest BCUT2D eigenvalue weighted by molar-refractivity contribution is 6.09. The lowest BCUT2D eigenvalue weighted by molar-refractivity contribution is -0.141. The highest BCUT2D eigenvalue weighted by atomic mass is 16.3. The van der Waals surface area contributed by atoms with Crippen LogP contribution in [0.3, 0.4) is 0 Å². The van der Waals surface area contributed by atoms with E-state index in [9.17, 15) is 14.7 Å². The van der Waals surface area contributed by atoms with Gasteiger partial charge in [-0.3, -0.25) is 9.59 Å². The Morgan fingerprint density at radius 2 is 1.71 bits per heavy atom. The SMILES string of the molecule is CC(=O)C[C@]1(O)C(=O)N(Cc2ccccc2)c2c(C)ccc(C)c21. The van der Waals surface area contributed by atoms with Gasteiger partial charge in [-0.2, -0.15) is 0 Å². The fourth-order valence-corrected chi connectivity index (χ4v) is 3.54. The van der Waals surface area contributed by atoms with Crippen LogP contribution in [0.2, 0.25) is 0 Å². The Kier molecular flexibility index (Phi) is 4.01. The molecule has 0 fully saturated rings. The lowest BCUT2D eigenvalue weighted by atomic mass is 9.86. The highest BCUT2D eigenvalue weighted by Gasteiger charge is 2.51. The summed E-state index contributed by atoms with van der Waals surface area (Å²) in [7, 11) is 0. The average Bonchev–Trinajstić information content (AvgIpc) is 2.74. The summed E-state index contributed by atoms with van der Waals surface area (Å²) in [6.07, 6.45) is -0.200. The molecule has 1 aliphatic heterocycles. The number of aryl methyl sites for hydroxylation is 2. The summed E-state index contributed by atoms with van der Waals surface area (Å²) in [6, 6.07) is 13.5. The van der Waals surface area contributed by atoms with Crippen molar-refractivity contribution < 1.29 is 14.7 Å². The summed E-state index contributed by atoms with van der Waals surface area (Å²) >= 11 is 0. The minimum Gasteiger partial charge on any atom is -0.375 e. The minimum absolute atomic E-state index is 0.200. The predicted octanol–water partition coefficient (Wildman–Crippen LogP) is 3.02. The van der Waals surface area contributed by atoms with Crippen LogP contribution in [-0.2, 0) is 21.7 Å². The van der Waals surface area contributed by atoms with Crippen molar-refractivity contribution in [3.63, 3.8) is 0 Å². The van der Waals surface area contributed by atoms with Gasteiger partial charge < -0.3 is 10.0 Å². The third kappa shape index (κ3) is 2.53. The molecule has 0 unspecified atom stereocenters. The van der Waals surface area contributed by atoms with Crippen molar-refractivity contribution in [2.75, 3.05) is 4.90 Å². The van der Waals surface area contributed by atoms with Crippen molar-refractivity contribution in [2.45, 2.75) is 39.3 Å². The van der Waals surface area contributed by atoms with Gasteiger partial charge in [-0.1, -0.05) is 42.5 Å². The maximum Gasteiger partial charge on any atom is 0.264 e. The normalized spacial score (nSPS) is 19.5. The van der Waals surface area contributed by atoms with Crippen LogP contribution in [0.15, 0.2) is 42.5 Å². The molecule has 0 radical (unpaired) electrons. The monoisotopic (exact) mass is 323 g/mol. The Morgan fingerprint density at radius 1 is 1.08 bits per heavy atom. The van der Waals surface area contributed by atoms with Gasteiger partial charge in [0.25, 0.3) is 5.91 Å². The van der Waals surface area contributed by atoms with E-state index in [1.165, 1.54) is 6.92 Å². The molecule has 4 heteroatoms. The van der Waals surface area contributed by atoms with E-state index < -0.39 is 11.5 Å². The number of ketones is 1. The third-order valence-electron chi connectivity index (χ3n) is 4.56. The summed E-state index contributed by atoms with van der Waals surface area (Å²) in [5.74, 6) is -0.631. The number of Topliss-reactive ketones (excluding diaryl/α,β-unsaturated/α-hetero) is 1. The molecule has 1 aliphatic rings. The zero-order valence-electron chi connectivity index (χ0n) is 14.2. The lowest BCUT2D eigenvalue weighted by Crippen LogP contribution is -2.41. The van der Waals surface area contributed by atoms with Gasteiger partial charge in [0.15, 0.2) is 5.60 Å². The fourth-order valence-electron chi connectivity index (χ4n) is 3.54. The highest BCUT2D eigenvalue weighted by Crippen LogP contribution is 2.46. The first-order valence-corrected chi connectivity index (χ1v) is 8.03. The predicted molar refractivity (Wildman–Crippen MR) is 92.7 cm³/mol. The van der Waals surface area contributed by atoms with E-state index in [0.29, 0.717) is 12.1 Å². The maximum atomic E-state index is 13.1. The Hall–Kier alpha value is -2.46. The number of hydrogen-bond donors (Lipinski definition) is 1. The first kappa shape index (κ1) is 16.4. The smallest absolute Gasteiger partial charge is 0.264 e. The second kappa shape index (κ2) is 5.87. The van der Waals surface area contributed by atoms with Gasteiger partial charge in [0.2, 0.25) is 0 Å². The molecule has 4 nitrogen and oxygen atoms in total. The molecule has 1 N–H and O–H groups in total. The van der Waals surface area contributed by atoms with Crippen LogP contribution in [-0.4, -0.2) is 16.8 Å². The summed E-state index contributed by atoms with van der Waals surface area (Å²) < 4.78 is 0. The quantitative estimate of drug-likeness (QED) is 0.941. The molecular weight excluding hydrogens is 302 g/mol. The second-order valence-corrected chi connectivity index (χ2v) is 6.54. The Labute approximate surface area is 141 Å². The number of hydrogen-bond acceptors (Lipinski definition) is 3. The summed E-state index contributed by atoms with van der Waals surface area (Å²) in [4.78, 5) is 26.4. The third-order valence-corrected chi connectivity index (χ3v) is 4.56. The summed E-state index contributed by atoms with van der Waals surface area (Å²) in [5, 5.41) is 11.1. The lowest BCUT2D eigenvalue weighted by Gasteiger charge is -2.22. The van der Waals surface area contributed by atoms with Gasteiger partial charge in [0, 0.05) is 12.0 Å². The second-order valence-electron chi connectivity index (χ2n) is 6.54. The zero-order chi connectivity index (χ0) is 17.5. The molecule has 2 aromatic carbocycles. The number of rotatable bonds is 4. The number of aliphatic hydroxyl groups is 1. The van der Waals surface area contributed by atoms with E-state index in [1.807, 2.05) is 56.3 Å². The number of benzene rings is 2. The van der Waals surface area contributed by atoms with Gasteiger partial charge in [-0.15, -0.1) is 0 Å². The number of carbonyl (C=O) groups is 2. The first-order chi connectivity index (χ1) is 11.3. The average molecular weight is 323 g/mol. The molecule has 0 aromatic heterocycles. The van der Waals surface area contributed by atoms with Crippen LogP contribution in [0.5, 0.6) is 0 Å². The Bertz CT molecular complexity index is 813. The molecule has 0 spiro atoms. The van der Waals surface area contributed by atoms with Crippen molar-refractivity contribution >= 4 is 17.4 Å². The molecule has 24 heavy (non-hydrogen) atoms. The molecule has 0 bridgehead atoms. The van der Waals surface area contributed by atoms with E-state index in [4.69, 9.17) is 0 Å². The van der Waals surface area contributed by atoms with Gasteiger partial charge >= 0.3 is 0 Å². The standard InChI is InChI=1S/C20H21NO3/c1-13-9-10-14(2)18-17(13)20(24,11-15(3)22)19(23)21(18)12-16-7-5-4-6-8-16/h4-10,24H,11-12H2,1-3H3/t20-/m1/s1. The van der Waals surface area contributed by atoms with Crippen molar-refractivity contribution in [3.8, 4) is 0 Å². The number of fused-ring (bicyclic) bond motifs is 1. The van der Waals surface area contributed by atoms with Crippen molar-refractivity contribution in [1.82, 2.24) is 0 Å². The van der Waals surface area contributed by atoms with Crippen molar-refractivity contribution in [1.29, 1.82) is 0 Å². The molecular formula is C20H21NO3. The fraction of sp³-hybridized carbons (Fsp3) is 0.300. The van der Waals surface area contributed by atoms with Gasteiger partial charge in [0.1, 0.15) is 5.78 Å². The van der Waals surface area contributed by atoms with Crippen LogP contribution in [0.25, 0.3) is 0 Å². The number of nitrogens with zero attached hydrogens (tertiary/aromatic N) is 1. The van der Waals surface area contributed by atoms with E-state index in [2.05, 4.69) is 0 Å². The van der Waals surface area contributed by atoms with Crippen LogP contribution in [0.1, 0.15) is 35.6 Å². The van der Waals surface area contributed by atoms with Crippen molar-refractivity contribution in [3.05, 3.63) is 64.7 Å². The molecule has 0 saturated carbocycles. The molecule has 0 saturated heterocycles. The number of carbonyl (C=O) groups excluding carboxylic acids is 2. The van der Waals surface area contributed by atoms with Crippen LogP contribution in [0, 0.1) is 13.8 Å². The Balaban J connectivity index is 2.15. The van der Waals surface area contributed by atoms with Gasteiger partial charge in [-0.25, -0.2) is 0 Å². The van der Waals surface area contributed by atoms with Crippen LogP contribution >= 0.6 is 0 Å². The summed E-state index contributed by atoms with van der Waals surface area (Å²) in [6.45, 7) is 5.55. The Morgan fingerprint density at radius 3 is 2.33 bits per heavy atom. The van der Waals surface area contributed by atoms with Crippen LogP contribution in [0.4, 0.5) is 5.69 Å². The molecule has 124 valence electrons. The van der Waals surface area contributed by atoms with E-state index >= 15 is 0 Å². The molecule has 3 rings (SSSR count). The maximum absolute atomic E-state index is 13.1. The molecule has 1 amide bonds. The van der Waals surface area contributed by atoms with E-state index in [1.54, 1.807) is 4.90 Å². The van der Waals surface area contributed by atoms with E-state index in [-0.39, 0.29) is 12.2 Å².